The lowest BCUT2D eigenvalue weighted by Gasteiger charge is -2.26. The number of nitrogens with zero attached hydrogens (tertiary/aromatic N) is 5. The molecule has 1 aliphatic heterocycles. The van der Waals surface area contributed by atoms with Crippen LogP contribution in [0, 0.1) is 17.0 Å². The van der Waals surface area contributed by atoms with Crippen molar-refractivity contribution >= 4 is 28.9 Å². The van der Waals surface area contributed by atoms with Crippen LogP contribution in [0.3, 0.4) is 0 Å². The van der Waals surface area contributed by atoms with E-state index in [2.05, 4.69) is 10.2 Å². The van der Waals surface area contributed by atoms with Crippen molar-refractivity contribution < 1.29 is 17.1 Å². The van der Waals surface area contributed by atoms with Gasteiger partial charge in [0.25, 0.3) is 0 Å². The molecule has 0 aliphatic carbocycles. The second-order valence-electron chi connectivity index (χ2n) is 5.80. The molecule has 0 aromatic carbocycles. The Labute approximate surface area is 162 Å². The van der Waals surface area contributed by atoms with E-state index in [1.165, 1.54) is 9.36 Å². The number of halogens is 2. The highest BCUT2D eigenvalue weighted by atomic mass is 35.5. The van der Waals surface area contributed by atoms with Gasteiger partial charge in [0.1, 0.15) is 11.3 Å². The van der Waals surface area contributed by atoms with Gasteiger partial charge in [0.15, 0.2) is 5.15 Å². The molecule has 3 rings (SSSR count). The molecule has 2 aromatic rings. The highest BCUT2D eigenvalue weighted by Crippen LogP contribution is 2.35. The van der Waals surface area contributed by atoms with Gasteiger partial charge in [-0.2, -0.15) is 5.10 Å². The Kier molecular flexibility index (Phi) is 5.18. The molecule has 0 N–H and O–H groups in total. The first-order chi connectivity index (χ1) is 13.2. The Balaban J connectivity index is 1.79. The number of rotatable bonds is 7. The van der Waals surface area contributed by atoms with Crippen LogP contribution in [-0.2, 0) is 11.3 Å². The first-order valence-corrected chi connectivity index (χ1v) is 8.85. The van der Waals surface area contributed by atoms with Crippen molar-refractivity contribution in [2.75, 3.05) is 13.2 Å². The lowest BCUT2D eigenvalue weighted by atomic mass is 10.1. The molecular formula is C15H19Cl2N5O4. The standard InChI is InChI=1S/C15H19Cl2N5O4/c1-10-14(22(23)24)15(19-21(10)11-4-8-25-13(17)9-11)26-7-2-5-20-6-3-12(16)18-20/h3,6,11,13H,2,4-5,7-9H2,1H3/i7D2. The van der Waals surface area contributed by atoms with Gasteiger partial charge in [-0.25, -0.2) is 0 Å². The summed E-state index contributed by atoms with van der Waals surface area (Å²) < 4.78 is 29.7. The average molecular weight is 406 g/mol. The van der Waals surface area contributed by atoms with Crippen molar-refractivity contribution in [1.29, 1.82) is 0 Å². The fraction of sp³-hybridized carbons (Fsp3) is 0.600. The van der Waals surface area contributed by atoms with Crippen LogP contribution >= 0.6 is 23.2 Å². The van der Waals surface area contributed by atoms with Gasteiger partial charge in [-0.05, 0) is 19.4 Å². The molecule has 26 heavy (non-hydrogen) atoms. The van der Waals surface area contributed by atoms with Crippen LogP contribution in [0.5, 0.6) is 5.88 Å². The SMILES string of the molecule is [2H]C([2H])(CCn1ccc(Cl)n1)Oc1nn(C2CCOC(Cl)C2)c(C)c1[N+](=O)[O-]. The Bertz CT molecular complexity index is 860. The van der Waals surface area contributed by atoms with Crippen LogP contribution in [0.4, 0.5) is 5.69 Å². The molecule has 0 amide bonds. The van der Waals surface area contributed by atoms with Crippen molar-refractivity contribution in [3.05, 3.63) is 33.2 Å². The third kappa shape index (κ3) is 4.28. The van der Waals surface area contributed by atoms with Gasteiger partial charge in [0, 0.05) is 25.6 Å². The number of aromatic nitrogens is 4. The molecule has 11 heteroatoms. The van der Waals surface area contributed by atoms with E-state index >= 15 is 0 Å². The van der Waals surface area contributed by atoms with Crippen LogP contribution in [0.15, 0.2) is 12.3 Å². The molecule has 2 atom stereocenters. The zero-order valence-corrected chi connectivity index (χ0v) is 15.5. The third-order valence-electron chi connectivity index (χ3n) is 4.04. The van der Waals surface area contributed by atoms with Crippen molar-refractivity contribution in [2.45, 2.75) is 44.3 Å². The van der Waals surface area contributed by atoms with E-state index in [-0.39, 0.29) is 36.3 Å². The fourth-order valence-electron chi connectivity index (χ4n) is 2.81. The molecule has 0 spiro atoms. The predicted octanol–water partition coefficient (Wildman–Crippen LogP) is 3.34. The maximum Gasteiger partial charge on any atom is 0.352 e. The summed E-state index contributed by atoms with van der Waals surface area (Å²) in [7, 11) is 0. The summed E-state index contributed by atoms with van der Waals surface area (Å²) in [6.45, 7) is -0.0476. The van der Waals surface area contributed by atoms with Gasteiger partial charge in [-0.1, -0.05) is 23.2 Å². The molecule has 142 valence electrons. The first kappa shape index (κ1) is 16.3. The lowest BCUT2D eigenvalue weighted by Crippen LogP contribution is -2.25. The summed E-state index contributed by atoms with van der Waals surface area (Å²) in [6, 6.07) is 1.38. The molecule has 1 aliphatic rings. The summed E-state index contributed by atoms with van der Waals surface area (Å²) in [6.07, 6.45) is 2.53. The quantitative estimate of drug-likeness (QED) is 0.398. The van der Waals surface area contributed by atoms with Crippen LogP contribution in [0.25, 0.3) is 0 Å². The number of hydrogen-bond acceptors (Lipinski definition) is 6. The molecule has 0 radical (unpaired) electrons. The molecule has 0 saturated carbocycles. The Morgan fingerprint density at radius 1 is 1.58 bits per heavy atom. The molecule has 9 nitrogen and oxygen atoms in total. The molecule has 1 fully saturated rings. The summed E-state index contributed by atoms with van der Waals surface area (Å²) in [4.78, 5) is 10.9. The zero-order chi connectivity index (χ0) is 20.5. The van der Waals surface area contributed by atoms with E-state index in [9.17, 15) is 10.1 Å². The normalized spacial score (nSPS) is 22.0. The zero-order valence-electron chi connectivity index (χ0n) is 16.0. The minimum atomic E-state index is -2.19. The maximum absolute atomic E-state index is 11.5. The molecule has 1 saturated heterocycles. The van der Waals surface area contributed by atoms with Crippen molar-refractivity contribution in [2.24, 2.45) is 0 Å². The minimum Gasteiger partial charge on any atom is -0.472 e. The number of ether oxygens (including phenoxy) is 2. The third-order valence-corrected chi connectivity index (χ3v) is 4.55. The topological polar surface area (TPSA) is 97.2 Å². The van der Waals surface area contributed by atoms with Crippen LogP contribution in [0.1, 0.15) is 33.7 Å². The van der Waals surface area contributed by atoms with Crippen molar-refractivity contribution in [3.8, 4) is 5.88 Å². The molecular weight excluding hydrogens is 385 g/mol. The summed E-state index contributed by atoms with van der Waals surface area (Å²) in [5.41, 5.74) is -0.577. The van der Waals surface area contributed by atoms with Crippen molar-refractivity contribution in [1.82, 2.24) is 19.6 Å². The van der Waals surface area contributed by atoms with Crippen LogP contribution < -0.4 is 4.74 Å². The van der Waals surface area contributed by atoms with Gasteiger partial charge in [-0.15, -0.1) is 5.10 Å². The summed E-state index contributed by atoms with van der Waals surface area (Å²) >= 11 is 11.8. The van der Waals surface area contributed by atoms with Gasteiger partial charge in [0.05, 0.1) is 26.9 Å². The van der Waals surface area contributed by atoms with E-state index < -0.39 is 17.0 Å². The van der Waals surface area contributed by atoms with E-state index in [4.69, 9.17) is 35.4 Å². The number of hydrogen-bond donors (Lipinski definition) is 0. The van der Waals surface area contributed by atoms with E-state index in [0.29, 0.717) is 24.6 Å². The van der Waals surface area contributed by atoms with E-state index in [0.717, 1.165) is 0 Å². The number of alkyl halides is 1. The van der Waals surface area contributed by atoms with Crippen LogP contribution in [0.2, 0.25) is 5.15 Å². The summed E-state index contributed by atoms with van der Waals surface area (Å²) in [5.74, 6) is -0.358. The smallest absolute Gasteiger partial charge is 0.352 e. The fourth-order valence-corrected chi connectivity index (χ4v) is 3.26. The highest BCUT2D eigenvalue weighted by Gasteiger charge is 2.32. The lowest BCUT2D eigenvalue weighted by molar-refractivity contribution is -0.386. The van der Waals surface area contributed by atoms with Crippen LogP contribution in [-0.4, -0.2) is 43.2 Å². The Morgan fingerprint density at radius 2 is 2.38 bits per heavy atom. The first-order valence-electron chi connectivity index (χ1n) is 9.03. The maximum atomic E-state index is 11.5. The molecule has 2 aromatic heterocycles. The van der Waals surface area contributed by atoms with Crippen molar-refractivity contribution in [3.63, 3.8) is 0 Å². The minimum absolute atomic E-state index is 0.102. The predicted molar refractivity (Wildman–Crippen MR) is 94.8 cm³/mol. The van der Waals surface area contributed by atoms with Gasteiger partial charge in [0.2, 0.25) is 0 Å². The molecule has 0 bridgehead atoms. The average Bonchev–Trinajstić information content (AvgIpc) is 3.16. The van der Waals surface area contributed by atoms with Gasteiger partial charge < -0.3 is 9.47 Å². The largest absolute Gasteiger partial charge is 0.472 e. The Morgan fingerprint density at radius 3 is 3.04 bits per heavy atom. The number of nitro groups is 1. The van der Waals surface area contributed by atoms with E-state index in [1.807, 2.05) is 0 Å². The van der Waals surface area contributed by atoms with E-state index in [1.54, 1.807) is 19.2 Å². The second kappa shape index (κ2) is 8.24. The highest BCUT2D eigenvalue weighted by molar-refractivity contribution is 6.29. The van der Waals surface area contributed by atoms with Gasteiger partial charge >= 0.3 is 11.6 Å². The van der Waals surface area contributed by atoms with Gasteiger partial charge in [-0.3, -0.25) is 19.5 Å². The monoisotopic (exact) mass is 405 g/mol. The number of aryl methyl sites for hydroxylation is 1. The Hall–Kier alpha value is -1.84. The second-order valence-corrected chi connectivity index (χ2v) is 6.67. The molecule has 2 unspecified atom stereocenters. The molecule has 3 heterocycles. The summed E-state index contributed by atoms with van der Waals surface area (Å²) in [5, 5.41) is 20.0.